The van der Waals surface area contributed by atoms with Crippen LogP contribution in [0.1, 0.15) is 38.5 Å². The lowest BCUT2D eigenvalue weighted by atomic mass is 10.1. The van der Waals surface area contributed by atoms with Gasteiger partial charge in [0.25, 0.3) is 0 Å². The van der Waals surface area contributed by atoms with Gasteiger partial charge in [0.2, 0.25) is 29.5 Å². The fourth-order valence-electron chi connectivity index (χ4n) is 4.30. The minimum atomic E-state index is -1.19. The maximum absolute atomic E-state index is 13.2. The summed E-state index contributed by atoms with van der Waals surface area (Å²) >= 11 is 0. The summed E-state index contributed by atoms with van der Waals surface area (Å²) < 4.78 is 0. The topological polar surface area (TPSA) is 165 Å². The highest BCUT2D eigenvalue weighted by Gasteiger charge is 2.44. The van der Waals surface area contributed by atoms with Crippen molar-refractivity contribution in [2.24, 2.45) is 0 Å². The lowest BCUT2D eigenvalue weighted by Crippen LogP contribution is -2.55. The maximum Gasteiger partial charge on any atom is 0.322 e. The number of carbonyl (C=O) groups is 6. The van der Waals surface area contributed by atoms with Gasteiger partial charge in [0.1, 0.15) is 24.7 Å². The lowest BCUT2D eigenvalue weighted by molar-refractivity contribution is -0.147. The molecule has 3 aliphatic rings. The zero-order valence-corrected chi connectivity index (χ0v) is 17.1. The van der Waals surface area contributed by atoms with Gasteiger partial charge in [0, 0.05) is 19.5 Å². The van der Waals surface area contributed by atoms with Gasteiger partial charge in [-0.05, 0) is 32.1 Å². The first-order valence-corrected chi connectivity index (χ1v) is 10.4. The van der Waals surface area contributed by atoms with Gasteiger partial charge in [-0.1, -0.05) is 0 Å². The van der Waals surface area contributed by atoms with E-state index in [2.05, 4.69) is 16.0 Å². The number of nitrogens with one attached hydrogen (secondary N) is 3. The first-order chi connectivity index (χ1) is 14.8. The van der Waals surface area contributed by atoms with E-state index in [1.54, 1.807) is 0 Å². The van der Waals surface area contributed by atoms with E-state index in [9.17, 15) is 28.8 Å². The number of nitrogens with zero attached hydrogens (tertiary/aromatic N) is 2. The van der Waals surface area contributed by atoms with E-state index in [4.69, 9.17) is 5.11 Å². The average molecular weight is 437 g/mol. The van der Waals surface area contributed by atoms with Crippen molar-refractivity contribution in [3.63, 3.8) is 0 Å². The summed E-state index contributed by atoms with van der Waals surface area (Å²) in [4.78, 5) is 75.0. The lowest BCUT2D eigenvalue weighted by Gasteiger charge is -2.32. The van der Waals surface area contributed by atoms with Gasteiger partial charge in [-0.25, -0.2) is 0 Å². The van der Waals surface area contributed by atoms with Crippen LogP contribution in [0.5, 0.6) is 0 Å². The monoisotopic (exact) mass is 437 g/mol. The Kier molecular flexibility index (Phi) is 7.08. The second-order valence-corrected chi connectivity index (χ2v) is 7.93. The molecule has 3 fully saturated rings. The Hall–Kier alpha value is -3.18. The van der Waals surface area contributed by atoms with E-state index >= 15 is 0 Å². The fraction of sp³-hybridized carbons (Fsp3) is 0.684. The third kappa shape index (κ3) is 5.30. The van der Waals surface area contributed by atoms with E-state index in [-0.39, 0.29) is 30.7 Å². The fourth-order valence-corrected chi connectivity index (χ4v) is 4.30. The molecule has 4 N–H and O–H groups in total. The van der Waals surface area contributed by atoms with Crippen molar-refractivity contribution in [1.82, 2.24) is 25.8 Å². The number of hydrogen-bond acceptors (Lipinski definition) is 6. The Morgan fingerprint density at radius 1 is 0.903 bits per heavy atom. The molecule has 3 unspecified atom stereocenters. The summed E-state index contributed by atoms with van der Waals surface area (Å²) in [6, 6.07) is -2.02. The molecule has 0 aromatic heterocycles. The quantitative estimate of drug-likeness (QED) is 0.344. The summed E-state index contributed by atoms with van der Waals surface area (Å²) in [6.45, 7) is -0.132. The van der Waals surface area contributed by atoms with Crippen LogP contribution in [-0.2, 0) is 28.8 Å². The summed E-state index contributed by atoms with van der Waals surface area (Å²) in [6.07, 6.45) is 2.91. The molecule has 31 heavy (non-hydrogen) atoms. The van der Waals surface area contributed by atoms with Crippen LogP contribution in [0.4, 0.5) is 0 Å². The summed E-state index contributed by atoms with van der Waals surface area (Å²) in [7, 11) is 0. The molecule has 3 aliphatic heterocycles. The summed E-state index contributed by atoms with van der Waals surface area (Å²) in [5.74, 6) is -3.07. The zero-order chi connectivity index (χ0) is 22.5. The van der Waals surface area contributed by atoms with E-state index in [0.29, 0.717) is 45.2 Å². The van der Waals surface area contributed by atoms with Crippen LogP contribution in [0.2, 0.25) is 0 Å². The molecule has 170 valence electrons. The van der Waals surface area contributed by atoms with Crippen LogP contribution in [-0.4, -0.2) is 94.7 Å². The van der Waals surface area contributed by atoms with Crippen molar-refractivity contribution in [2.75, 3.05) is 26.2 Å². The molecular formula is C19H27N5O7. The van der Waals surface area contributed by atoms with Crippen LogP contribution < -0.4 is 16.0 Å². The normalized spacial score (nSPS) is 25.3. The first kappa shape index (κ1) is 22.5. The number of likely N-dealkylation sites (tertiary alicyclic amines) is 2. The largest absolute Gasteiger partial charge is 0.480 e. The molecule has 0 aromatic carbocycles. The van der Waals surface area contributed by atoms with Crippen LogP contribution in [0, 0.1) is 0 Å². The van der Waals surface area contributed by atoms with Gasteiger partial charge < -0.3 is 30.9 Å². The second kappa shape index (κ2) is 9.75. The third-order valence-corrected chi connectivity index (χ3v) is 5.81. The minimum Gasteiger partial charge on any atom is -0.480 e. The number of rotatable bonds is 7. The molecule has 0 radical (unpaired) electrons. The van der Waals surface area contributed by atoms with Gasteiger partial charge in [0.05, 0.1) is 6.54 Å². The molecule has 0 aromatic rings. The molecule has 3 saturated heterocycles. The number of hydrogen-bond donors (Lipinski definition) is 4. The van der Waals surface area contributed by atoms with Crippen molar-refractivity contribution in [3.05, 3.63) is 0 Å². The maximum atomic E-state index is 13.2. The van der Waals surface area contributed by atoms with Gasteiger partial charge >= 0.3 is 5.97 Å². The van der Waals surface area contributed by atoms with Crippen LogP contribution in [0.25, 0.3) is 0 Å². The molecule has 12 heteroatoms. The number of aliphatic carboxylic acids is 1. The SMILES string of the molecule is O=C(O)CNC(=O)CNC(=O)C1CCCN1C(=O)C1CCCN1C(=O)C1CCC(=O)N1. The molecule has 5 amide bonds. The first-order valence-electron chi connectivity index (χ1n) is 10.4. The van der Waals surface area contributed by atoms with Crippen molar-refractivity contribution < 1.29 is 33.9 Å². The number of amides is 5. The molecular weight excluding hydrogens is 410 g/mol. The van der Waals surface area contributed by atoms with Crippen LogP contribution >= 0.6 is 0 Å². The predicted molar refractivity (Wildman–Crippen MR) is 104 cm³/mol. The molecule has 3 atom stereocenters. The molecule has 0 saturated carbocycles. The van der Waals surface area contributed by atoms with E-state index in [1.807, 2.05) is 0 Å². The number of carbonyl (C=O) groups excluding carboxylic acids is 5. The number of carboxylic acids is 1. The molecule has 0 aliphatic carbocycles. The second-order valence-electron chi connectivity index (χ2n) is 7.93. The predicted octanol–water partition coefficient (Wildman–Crippen LogP) is -2.44. The van der Waals surface area contributed by atoms with Gasteiger partial charge in [-0.2, -0.15) is 0 Å². The van der Waals surface area contributed by atoms with Gasteiger partial charge in [-0.3, -0.25) is 28.8 Å². The van der Waals surface area contributed by atoms with Crippen molar-refractivity contribution in [2.45, 2.75) is 56.7 Å². The van der Waals surface area contributed by atoms with Crippen molar-refractivity contribution in [1.29, 1.82) is 0 Å². The zero-order valence-electron chi connectivity index (χ0n) is 17.1. The highest BCUT2D eigenvalue weighted by Crippen LogP contribution is 2.26. The molecule has 3 rings (SSSR count). The summed E-state index contributed by atoms with van der Waals surface area (Å²) in [5.41, 5.74) is 0. The van der Waals surface area contributed by atoms with Crippen molar-refractivity contribution in [3.8, 4) is 0 Å². The summed E-state index contributed by atoms with van der Waals surface area (Å²) in [5, 5.41) is 15.8. The van der Waals surface area contributed by atoms with E-state index < -0.39 is 42.5 Å². The standard InChI is InChI=1S/C19H27N5O7/c25-14-6-5-11(22-14)18(30)24-8-2-4-13(24)19(31)23-7-1-3-12(23)17(29)21-9-15(26)20-10-16(27)28/h11-13H,1-10H2,(H,20,26)(H,21,29)(H,22,25)(H,27,28). The molecule has 0 spiro atoms. The van der Waals surface area contributed by atoms with Crippen LogP contribution in [0.3, 0.4) is 0 Å². The molecule has 0 bridgehead atoms. The Balaban J connectivity index is 1.57. The van der Waals surface area contributed by atoms with Crippen molar-refractivity contribution >= 4 is 35.5 Å². The number of carboxylic acid groups (broad SMARTS) is 1. The Labute approximate surface area is 178 Å². The van der Waals surface area contributed by atoms with Gasteiger partial charge in [0.15, 0.2) is 0 Å². The molecule has 12 nitrogen and oxygen atoms in total. The highest BCUT2D eigenvalue weighted by atomic mass is 16.4. The average Bonchev–Trinajstić information content (AvgIpc) is 3.49. The highest BCUT2D eigenvalue weighted by molar-refractivity contribution is 5.96. The molecule has 3 heterocycles. The Morgan fingerprint density at radius 2 is 1.55 bits per heavy atom. The van der Waals surface area contributed by atoms with Gasteiger partial charge in [-0.15, -0.1) is 0 Å². The Bertz CT molecular complexity index is 786. The van der Waals surface area contributed by atoms with Crippen LogP contribution in [0.15, 0.2) is 0 Å². The van der Waals surface area contributed by atoms with E-state index in [0.717, 1.165) is 0 Å². The Morgan fingerprint density at radius 3 is 2.16 bits per heavy atom. The third-order valence-electron chi connectivity index (χ3n) is 5.81. The minimum absolute atomic E-state index is 0.177. The smallest absolute Gasteiger partial charge is 0.322 e. The van der Waals surface area contributed by atoms with E-state index in [1.165, 1.54) is 9.80 Å².